The first-order valence-electron chi connectivity index (χ1n) is 39.8. The molecular formula is C77H121ClF6N12O13. The molecule has 15 atom stereocenters. The first-order chi connectivity index (χ1) is 51.1. The number of hydrogen-bond acceptors (Lipinski definition) is 13. The number of halogens is 7. The Balaban J connectivity index is 1.21. The molecule has 8 aliphatic rings. The molecule has 8 fully saturated rings. The smallest absolute Gasteiger partial charge is 0.377 e. The number of fused-ring (bicyclic) bond motifs is 3. The van der Waals surface area contributed by atoms with Crippen LogP contribution in [0.4, 0.5) is 26.3 Å². The fourth-order valence-electron chi connectivity index (χ4n) is 18.1. The minimum Gasteiger partial charge on any atom is -0.377 e. The van der Waals surface area contributed by atoms with Crippen molar-refractivity contribution >= 4 is 82.5 Å². The quantitative estimate of drug-likeness (QED) is 0.122. The minimum atomic E-state index is -4.57. The average Bonchev–Trinajstić information content (AvgIpc) is 1.29. The summed E-state index contributed by atoms with van der Waals surface area (Å²) in [5.41, 5.74) is -1.65. The zero-order valence-electron chi connectivity index (χ0n) is 66.2. The van der Waals surface area contributed by atoms with Crippen molar-refractivity contribution < 1.29 is 88.6 Å². The summed E-state index contributed by atoms with van der Waals surface area (Å²) in [5, 5.41) is 7.48. The van der Waals surface area contributed by atoms with Crippen LogP contribution in [0.5, 0.6) is 0 Å². The van der Waals surface area contributed by atoms with E-state index in [9.17, 15) is 50.3 Å². The fraction of sp³-hybridized carbons (Fsp3) is 0.844. The lowest BCUT2D eigenvalue weighted by molar-refractivity contribution is -0.184. The van der Waals surface area contributed by atoms with Gasteiger partial charge in [-0.2, -0.15) is 26.3 Å². The molecule has 3 aliphatic heterocycles. The summed E-state index contributed by atoms with van der Waals surface area (Å²) in [6.07, 6.45) is -5.70. The molecule has 1 spiro atoms. The summed E-state index contributed by atoms with van der Waals surface area (Å²) in [7, 11) is 11.3. The van der Waals surface area contributed by atoms with E-state index in [-0.39, 0.29) is 134 Å². The summed E-state index contributed by atoms with van der Waals surface area (Å²) in [6.45, 7) is 7.54. The number of rotatable bonds is 13. The van der Waals surface area contributed by atoms with E-state index in [2.05, 4.69) is 16.0 Å². The van der Waals surface area contributed by atoms with Crippen molar-refractivity contribution in [2.75, 3.05) is 89.2 Å². The van der Waals surface area contributed by atoms with Crippen molar-refractivity contribution in [3.05, 3.63) is 0 Å². The summed E-state index contributed by atoms with van der Waals surface area (Å²) in [6, 6.07) is -10.7. The van der Waals surface area contributed by atoms with Crippen molar-refractivity contribution in [2.45, 2.75) is 273 Å². The molecule has 0 radical (unpaired) electrons. The Hall–Kier alpha value is -6.53. The third kappa shape index (κ3) is 21.4. The van der Waals surface area contributed by atoms with Gasteiger partial charge in [0, 0.05) is 87.9 Å². The maximum atomic E-state index is 15.8. The SMILES string of the molecule is CCO[C@@H]1C[C@H]2C(=O)NC3(CCCC3)C(=O)N(C)[C@@H](C3CCCC3)C(=O)N(C)[C@H](C(=O)N(C)C)CC(=O)N(C)[C@@H](CC3CC3)C(=O)N[C@@H]([C@@H](C)CC)C(=O)N(C)CC(=O)N(C)[C@H]3C[C@@H](C)[C@@H](C)CN(C3=O)[C@@H](CC3CCC(C(F)(F)F)CC3)C(=O)N(C)CC(=O)N[C@@H](CCC3CCC(C(F)(F)F)C(Cl)C3)C(=O)N2C1. The van der Waals surface area contributed by atoms with Gasteiger partial charge in [-0.25, -0.2) is 0 Å². The number of hydrogen-bond donors (Lipinski definition) is 3. The summed E-state index contributed by atoms with van der Waals surface area (Å²) >= 11 is 6.45. The lowest BCUT2D eigenvalue weighted by Gasteiger charge is -2.42. The van der Waals surface area contributed by atoms with Crippen molar-refractivity contribution in [3.63, 3.8) is 0 Å². The maximum Gasteiger partial charge on any atom is 0.393 e. The molecule has 3 saturated heterocycles. The number of likely N-dealkylation sites (N-methyl/N-ethyl adjacent to an activating group) is 7. The topological polar surface area (TPSA) is 279 Å². The number of amides is 12. The van der Waals surface area contributed by atoms with Crippen LogP contribution in [0.15, 0.2) is 0 Å². The second-order valence-corrected chi connectivity index (χ2v) is 34.2. The lowest BCUT2D eigenvalue weighted by Crippen LogP contribution is -2.65. The van der Waals surface area contributed by atoms with E-state index < -0.39 is 204 Å². The second-order valence-electron chi connectivity index (χ2n) is 33.6. The number of nitrogens with one attached hydrogen (secondary N) is 3. The second kappa shape index (κ2) is 37.4. The number of carbonyl (C=O) groups is 12. The molecule has 5 saturated carbocycles. The Morgan fingerprint density at radius 2 is 1.19 bits per heavy atom. The van der Waals surface area contributed by atoms with E-state index in [4.69, 9.17) is 16.3 Å². The molecule has 2 bridgehead atoms. The van der Waals surface area contributed by atoms with Crippen LogP contribution >= 0.6 is 11.6 Å². The summed E-state index contributed by atoms with van der Waals surface area (Å²) in [4.78, 5) is 194. The molecule has 3 heterocycles. The predicted molar refractivity (Wildman–Crippen MR) is 393 cm³/mol. The van der Waals surface area contributed by atoms with Gasteiger partial charge in [-0.1, -0.05) is 72.6 Å². The Labute approximate surface area is 643 Å². The lowest BCUT2D eigenvalue weighted by atomic mass is 9.78. The van der Waals surface area contributed by atoms with Crippen LogP contribution in [0.25, 0.3) is 0 Å². The highest BCUT2D eigenvalue weighted by Gasteiger charge is 2.54. The van der Waals surface area contributed by atoms with E-state index in [1.54, 1.807) is 13.8 Å². The van der Waals surface area contributed by atoms with Gasteiger partial charge in [0.15, 0.2) is 0 Å². The van der Waals surface area contributed by atoms with Crippen LogP contribution in [-0.4, -0.2) is 282 Å². The molecule has 5 aliphatic carbocycles. The van der Waals surface area contributed by atoms with Gasteiger partial charge in [0.05, 0.1) is 37.5 Å². The van der Waals surface area contributed by atoms with Gasteiger partial charge in [0.2, 0.25) is 70.9 Å². The molecule has 25 nitrogen and oxygen atoms in total. The molecule has 0 aromatic heterocycles. The third-order valence-electron chi connectivity index (χ3n) is 25.7. The van der Waals surface area contributed by atoms with Gasteiger partial charge in [-0.05, 0) is 151 Å². The van der Waals surface area contributed by atoms with E-state index in [1.807, 2.05) is 20.8 Å². The minimum absolute atomic E-state index is 0.0235. The van der Waals surface area contributed by atoms with Crippen LogP contribution in [-0.2, 0) is 62.3 Å². The molecule has 3 N–H and O–H groups in total. The van der Waals surface area contributed by atoms with Gasteiger partial charge in [-0.15, -0.1) is 11.6 Å². The molecule has 616 valence electrons. The van der Waals surface area contributed by atoms with Crippen LogP contribution in [0.1, 0.15) is 195 Å². The number of carbonyl (C=O) groups excluding carboxylic acids is 12. The Morgan fingerprint density at radius 3 is 1.76 bits per heavy atom. The monoisotopic (exact) mass is 1570 g/mol. The van der Waals surface area contributed by atoms with Gasteiger partial charge >= 0.3 is 12.4 Å². The largest absolute Gasteiger partial charge is 0.393 e. The van der Waals surface area contributed by atoms with Crippen molar-refractivity contribution in [1.82, 2.24) is 60.0 Å². The zero-order valence-corrected chi connectivity index (χ0v) is 66.9. The first-order valence-corrected chi connectivity index (χ1v) is 40.2. The molecular weight excluding hydrogens is 1450 g/mol. The van der Waals surface area contributed by atoms with E-state index in [0.29, 0.717) is 44.9 Å². The normalized spacial score (nSPS) is 33.0. The third-order valence-corrected chi connectivity index (χ3v) is 26.2. The highest BCUT2D eigenvalue weighted by Crippen LogP contribution is 2.46. The standard InChI is InChI=1S/C77H121ClF6N12O13/c1-14-44(3)64-72(106)90(9)43-63(99)92(11)58-34-45(4)46(5)40-95(71(58)105)60(37-49-24-28-51(29-25-49)76(79,80)81)70(104)89(8)42-61(97)85-55(31-27-47-26-30-53(54(78)35-47)77(82,83)84)68(102)96-41-52(109-15-2)38-57(96)67(101)87-75(32-18-19-33-75)74(108)94(13)65(50-20-16-17-21-50)73(107)93(12)59(69(103)88(6)7)39-62(98)91(10)56(66(100)86-64)36-48-22-23-48/h44-60,64-65H,14-43H2,1-13H3,(H,85,97)(H,86,100)(H,87,101)/t44-,45+,46-,47?,49?,51?,52+,53?,54?,55-,56-,57-,58-,59-,60-,64-,65-/m0/s1. The van der Waals surface area contributed by atoms with Crippen molar-refractivity contribution in [1.29, 1.82) is 0 Å². The van der Waals surface area contributed by atoms with Crippen LogP contribution in [0.3, 0.4) is 0 Å². The summed E-state index contributed by atoms with van der Waals surface area (Å²) < 4.78 is 91.2. The first kappa shape index (κ1) is 88.0. The number of ether oxygens (including phenoxy) is 1. The fourth-order valence-corrected chi connectivity index (χ4v) is 18.6. The molecule has 12 amide bonds. The summed E-state index contributed by atoms with van der Waals surface area (Å²) in [5.74, 6) is -14.5. The molecule has 8 rings (SSSR count). The molecule has 109 heavy (non-hydrogen) atoms. The van der Waals surface area contributed by atoms with Gasteiger partial charge < -0.3 is 64.8 Å². The number of alkyl halides is 7. The van der Waals surface area contributed by atoms with E-state index in [1.165, 1.54) is 90.7 Å². The van der Waals surface area contributed by atoms with Gasteiger partial charge in [0.25, 0.3) is 0 Å². The van der Waals surface area contributed by atoms with Crippen molar-refractivity contribution in [3.8, 4) is 0 Å². The Bertz CT molecular complexity index is 3260. The van der Waals surface area contributed by atoms with E-state index in [0.717, 1.165) is 22.6 Å². The van der Waals surface area contributed by atoms with Crippen LogP contribution < -0.4 is 16.0 Å². The predicted octanol–water partition coefficient (Wildman–Crippen LogP) is 7.14. The molecule has 32 heteroatoms. The maximum absolute atomic E-state index is 15.8. The molecule has 0 aromatic carbocycles. The van der Waals surface area contributed by atoms with Gasteiger partial charge in [-0.3, -0.25) is 57.5 Å². The zero-order chi connectivity index (χ0) is 80.6. The van der Waals surface area contributed by atoms with E-state index >= 15 is 33.6 Å². The van der Waals surface area contributed by atoms with Gasteiger partial charge in [0.1, 0.15) is 53.9 Å². The highest BCUT2D eigenvalue weighted by atomic mass is 35.5. The Kier molecular flexibility index (Phi) is 30.2. The van der Waals surface area contributed by atoms with Crippen LogP contribution in [0, 0.1) is 53.3 Å². The highest BCUT2D eigenvalue weighted by molar-refractivity contribution is 6.21. The number of nitrogens with zero attached hydrogens (tertiary/aromatic N) is 9. The van der Waals surface area contributed by atoms with Crippen molar-refractivity contribution in [2.24, 2.45) is 53.3 Å². The average molecular weight is 1570 g/mol. The molecule has 0 aromatic rings. The Morgan fingerprint density at radius 1 is 0.596 bits per heavy atom. The molecule has 3 unspecified atom stereocenters. The van der Waals surface area contributed by atoms with Crippen LogP contribution in [0.2, 0.25) is 0 Å².